The van der Waals surface area contributed by atoms with Crippen LogP contribution in [0.15, 0.2) is 22.8 Å². The van der Waals surface area contributed by atoms with Gasteiger partial charge < -0.3 is 14.5 Å². The van der Waals surface area contributed by atoms with Crippen molar-refractivity contribution in [2.45, 2.75) is 13.5 Å². The van der Waals surface area contributed by atoms with Gasteiger partial charge in [0.05, 0.1) is 18.6 Å². The highest BCUT2D eigenvalue weighted by Crippen LogP contribution is 2.22. The Labute approximate surface area is 99.8 Å². The fourth-order valence-corrected chi connectivity index (χ4v) is 1.55. The molecule has 0 radical (unpaired) electrons. The fraction of sp³-hybridized carbons (Fsp3) is 0.333. The fourth-order valence-electron chi connectivity index (χ4n) is 1.55. The topological polar surface area (TPSA) is 60.2 Å². The number of nitrogens with one attached hydrogen (secondary N) is 1. The summed E-state index contributed by atoms with van der Waals surface area (Å²) in [7, 11) is 3.46. The molecule has 0 aliphatic heterocycles. The minimum atomic E-state index is 0.448. The Morgan fingerprint density at radius 2 is 2.24 bits per heavy atom. The molecule has 90 valence electrons. The second-order valence-corrected chi connectivity index (χ2v) is 3.68. The van der Waals surface area contributed by atoms with Crippen LogP contribution in [0, 0.1) is 6.92 Å². The lowest BCUT2D eigenvalue weighted by Gasteiger charge is -2.06. The molecule has 0 saturated carbocycles. The van der Waals surface area contributed by atoms with E-state index in [1.165, 1.54) is 0 Å². The first-order valence-electron chi connectivity index (χ1n) is 5.33. The number of ether oxygens (including phenoxy) is 1. The quantitative estimate of drug-likeness (QED) is 0.877. The maximum atomic E-state index is 5.39. The third-order valence-corrected chi connectivity index (χ3v) is 2.39. The zero-order valence-corrected chi connectivity index (χ0v) is 10.2. The molecular formula is C12H15N3O2. The Bertz CT molecular complexity index is 508. The third kappa shape index (κ3) is 2.45. The smallest absolute Gasteiger partial charge is 0.198 e. The van der Waals surface area contributed by atoms with Crippen molar-refractivity contribution < 1.29 is 9.15 Å². The lowest BCUT2D eigenvalue weighted by molar-refractivity contribution is 0.181. The molecule has 0 unspecified atom stereocenters. The number of anilines is 1. The number of furan rings is 1. The number of hydrogen-bond donors (Lipinski definition) is 1. The summed E-state index contributed by atoms with van der Waals surface area (Å²) in [6.07, 6.45) is 1.63. The Morgan fingerprint density at radius 3 is 2.82 bits per heavy atom. The van der Waals surface area contributed by atoms with Gasteiger partial charge in [-0.05, 0) is 18.6 Å². The highest BCUT2D eigenvalue weighted by atomic mass is 16.5. The van der Waals surface area contributed by atoms with Gasteiger partial charge in [0.2, 0.25) is 0 Å². The van der Waals surface area contributed by atoms with Crippen molar-refractivity contribution in [3.8, 4) is 11.6 Å². The van der Waals surface area contributed by atoms with Crippen LogP contribution < -0.4 is 5.32 Å². The summed E-state index contributed by atoms with van der Waals surface area (Å²) < 4.78 is 10.5. The first-order valence-corrected chi connectivity index (χ1v) is 5.33. The van der Waals surface area contributed by atoms with Crippen LogP contribution in [0.1, 0.15) is 11.3 Å². The monoisotopic (exact) mass is 233 g/mol. The largest absolute Gasteiger partial charge is 0.461 e. The van der Waals surface area contributed by atoms with Crippen LogP contribution in [0.2, 0.25) is 0 Å². The van der Waals surface area contributed by atoms with E-state index in [1.54, 1.807) is 13.4 Å². The van der Waals surface area contributed by atoms with Crippen LogP contribution in [0.3, 0.4) is 0 Å². The zero-order valence-electron chi connectivity index (χ0n) is 10.2. The van der Waals surface area contributed by atoms with Crippen molar-refractivity contribution in [3.05, 3.63) is 29.7 Å². The number of rotatable bonds is 4. The van der Waals surface area contributed by atoms with E-state index in [0.717, 1.165) is 17.1 Å². The second kappa shape index (κ2) is 4.97. The van der Waals surface area contributed by atoms with Gasteiger partial charge in [-0.2, -0.15) is 0 Å². The summed E-state index contributed by atoms with van der Waals surface area (Å²) in [6.45, 7) is 2.41. The number of methoxy groups -OCH3 is 1. The highest BCUT2D eigenvalue weighted by molar-refractivity contribution is 5.55. The van der Waals surface area contributed by atoms with E-state index in [-0.39, 0.29) is 0 Å². The van der Waals surface area contributed by atoms with Gasteiger partial charge in [-0.3, -0.25) is 0 Å². The first-order chi connectivity index (χ1) is 8.24. The molecule has 0 bridgehead atoms. The normalized spacial score (nSPS) is 10.5. The standard InChI is InChI=1S/C12H15N3O2/c1-8-4-5-17-11(8)12-14-9(7-16-3)6-10(13-2)15-12/h4-6H,7H2,1-3H3,(H,13,14,15). The molecular weight excluding hydrogens is 218 g/mol. The van der Waals surface area contributed by atoms with Crippen molar-refractivity contribution in [2.75, 3.05) is 19.5 Å². The van der Waals surface area contributed by atoms with Crippen molar-refractivity contribution in [1.29, 1.82) is 0 Å². The van der Waals surface area contributed by atoms with Crippen LogP contribution in [0.5, 0.6) is 0 Å². The molecule has 0 fully saturated rings. The number of hydrogen-bond acceptors (Lipinski definition) is 5. The summed E-state index contributed by atoms with van der Waals surface area (Å²) in [5.74, 6) is 2.02. The van der Waals surface area contributed by atoms with Crippen molar-refractivity contribution >= 4 is 5.82 Å². The van der Waals surface area contributed by atoms with Gasteiger partial charge in [0.15, 0.2) is 11.6 Å². The number of aromatic nitrogens is 2. The lowest BCUT2D eigenvalue weighted by atomic mass is 10.2. The highest BCUT2D eigenvalue weighted by Gasteiger charge is 2.11. The van der Waals surface area contributed by atoms with Crippen LogP contribution in [0.25, 0.3) is 11.6 Å². The van der Waals surface area contributed by atoms with E-state index in [0.29, 0.717) is 18.2 Å². The van der Waals surface area contributed by atoms with E-state index < -0.39 is 0 Å². The van der Waals surface area contributed by atoms with Crippen LogP contribution in [-0.4, -0.2) is 24.1 Å². The molecule has 0 aromatic carbocycles. The molecule has 0 aliphatic carbocycles. The summed E-state index contributed by atoms with van der Waals surface area (Å²) in [5.41, 5.74) is 1.83. The van der Waals surface area contributed by atoms with Gasteiger partial charge in [-0.15, -0.1) is 0 Å². The van der Waals surface area contributed by atoms with Crippen LogP contribution in [-0.2, 0) is 11.3 Å². The Morgan fingerprint density at radius 1 is 1.41 bits per heavy atom. The lowest BCUT2D eigenvalue weighted by Crippen LogP contribution is -2.01. The third-order valence-electron chi connectivity index (χ3n) is 2.39. The molecule has 2 rings (SSSR count). The SMILES string of the molecule is CNc1cc(COC)nc(-c2occc2C)n1. The molecule has 17 heavy (non-hydrogen) atoms. The van der Waals surface area contributed by atoms with E-state index in [1.807, 2.05) is 26.1 Å². The van der Waals surface area contributed by atoms with Crippen molar-refractivity contribution in [3.63, 3.8) is 0 Å². The van der Waals surface area contributed by atoms with Crippen LogP contribution in [0.4, 0.5) is 5.82 Å². The molecule has 0 aliphatic rings. The molecule has 2 aromatic heterocycles. The first kappa shape index (κ1) is 11.6. The van der Waals surface area contributed by atoms with E-state index >= 15 is 0 Å². The van der Waals surface area contributed by atoms with Gasteiger partial charge in [0, 0.05) is 20.2 Å². The van der Waals surface area contributed by atoms with E-state index in [2.05, 4.69) is 15.3 Å². The molecule has 2 heterocycles. The molecule has 0 saturated heterocycles. The van der Waals surface area contributed by atoms with Gasteiger partial charge in [0.1, 0.15) is 5.82 Å². The Balaban J connectivity index is 2.46. The minimum absolute atomic E-state index is 0.448. The molecule has 0 amide bonds. The van der Waals surface area contributed by atoms with Gasteiger partial charge in [0.25, 0.3) is 0 Å². The summed E-state index contributed by atoms with van der Waals surface area (Å²) >= 11 is 0. The molecule has 0 atom stereocenters. The summed E-state index contributed by atoms with van der Waals surface area (Å²) in [5, 5.41) is 3.00. The maximum Gasteiger partial charge on any atom is 0.198 e. The molecule has 0 spiro atoms. The maximum absolute atomic E-state index is 5.39. The minimum Gasteiger partial charge on any atom is -0.461 e. The average Bonchev–Trinajstić information content (AvgIpc) is 2.75. The van der Waals surface area contributed by atoms with Crippen LogP contribution >= 0.6 is 0 Å². The van der Waals surface area contributed by atoms with Crippen molar-refractivity contribution in [2.24, 2.45) is 0 Å². The molecule has 2 aromatic rings. The van der Waals surface area contributed by atoms with E-state index in [4.69, 9.17) is 9.15 Å². The zero-order chi connectivity index (χ0) is 12.3. The summed E-state index contributed by atoms with van der Waals surface area (Å²) in [6, 6.07) is 3.74. The van der Waals surface area contributed by atoms with Gasteiger partial charge >= 0.3 is 0 Å². The predicted molar refractivity (Wildman–Crippen MR) is 64.7 cm³/mol. The Kier molecular flexibility index (Phi) is 3.39. The van der Waals surface area contributed by atoms with E-state index in [9.17, 15) is 0 Å². The summed E-state index contributed by atoms with van der Waals surface area (Å²) in [4.78, 5) is 8.77. The Hall–Kier alpha value is -1.88. The molecule has 5 nitrogen and oxygen atoms in total. The number of aryl methyl sites for hydroxylation is 1. The molecule has 5 heteroatoms. The average molecular weight is 233 g/mol. The van der Waals surface area contributed by atoms with Gasteiger partial charge in [-0.25, -0.2) is 9.97 Å². The second-order valence-electron chi connectivity index (χ2n) is 3.68. The number of nitrogens with zero attached hydrogens (tertiary/aromatic N) is 2. The predicted octanol–water partition coefficient (Wildman–Crippen LogP) is 2.23. The molecule has 1 N–H and O–H groups in total. The van der Waals surface area contributed by atoms with Gasteiger partial charge in [-0.1, -0.05) is 0 Å². The van der Waals surface area contributed by atoms with Crippen molar-refractivity contribution in [1.82, 2.24) is 9.97 Å².